The van der Waals surface area contributed by atoms with Crippen molar-refractivity contribution >= 4 is 10.9 Å². The first-order valence-corrected chi connectivity index (χ1v) is 2.90. The molecule has 52 valence electrons. The summed E-state index contributed by atoms with van der Waals surface area (Å²) in [5.41, 5.74) is 1.15. The fourth-order valence-electron chi connectivity index (χ4n) is 0.928. The maximum atomic E-state index is 2.99. The molecule has 0 saturated carbocycles. The smallest absolute Gasteiger partial charge is 0.477 e. The molecule has 1 aromatic heterocycles. The predicted molar refractivity (Wildman–Crippen MR) is 43.5 cm³/mol. The summed E-state index contributed by atoms with van der Waals surface area (Å²) in [6, 6.07) is 10.1. The molecule has 0 bridgehead atoms. The van der Waals surface area contributed by atoms with Crippen LogP contribution in [0.4, 0.5) is 0 Å². The molecule has 0 saturated heterocycles. The SMILES string of the molecule is [CH3-].[K+].[c-]1cc2ccccc2[nH]1. The van der Waals surface area contributed by atoms with Crippen molar-refractivity contribution in [1.82, 2.24) is 4.98 Å². The average Bonchev–Trinajstić information content (AvgIpc) is 2.33. The molecular weight excluding hydrogens is 161 g/mol. The van der Waals surface area contributed by atoms with Crippen molar-refractivity contribution in [2.45, 2.75) is 0 Å². The third-order valence-electron chi connectivity index (χ3n) is 1.40. The minimum absolute atomic E-state index is 0. The molecule has 1 heterocycles. The van der Waals surface area contributed by atoms with E-state index < -0.39 is 0 Å². The van der Waals surface area contributed by atoms with Crippen molar-refractivity contribution in [2.75, 3.05) is 0 Å². The molecule has 1 nitrogen and oxygen atoms in total. The fraction of sp³-hybridized carbons (Fsp3) is 0. The van der Waals surface area contributed by atoms with Gasteiger partial charge in [0.25, 0.3) is 0 Å². The standard InChI is InChI=1S/C8H6N.CH3.K/c1-2-4-8-7(3-1)5-6-9-8;;/h1-5,9H;1H3;/q2*-1;+1. The second kappa shape index (κ2) is 5.11. The summed E-state index contributed by atoms with van der Waals surface area (Å²) in [4.78, 5) is 2.99. The molecule has 0 aliphatic carbocycles. The number of nitrogens with one attached hydrogen (secondary N) is 1. The van der Waals surface area contributed by atoms with Gasteiger partial charge in [-0.2, -0.15) is 11.5 Å². The molecule has 11 heavy (non-hydrogen) atoms. The molecule has 1 N–H and O–H groups in total. The largest absolute Gasteiger partial charge is 1.00 e. The Morgan fingerprint density at radius 1 is 1.18 bits per heavy atom. The molecule has 0 unspecified atom stereocenters. The van der Waals surface area contributed by atoms with Gasteiger partial charge in [-0.3, -0.25) is 0 Å². The maximum Gasteiger partial charge on any atom is 1.00 e. The topological polar surface area (TPSA) is 15.8 Å². The summed E-state index contributed by atoms with van der Waals surface area (Å²) in [5, 5.41) is 1.22. The first-order chi connectivity index (χ1) is 4.47. The summed E-state index contributed by atoms with van der Waals surface area (Å²) in [6.07, 6.45) is 2.91. The second-order valence-electron chi connectivity index (χ2n) is 2.00. The Balaban J connectivity index is 0.000000500. The van der Waals surface area contributed by atoms with Crippen molar-refractivity contribution in [3.8, 4) is 0 Å². The van der Waals surface area contributed by atoms with E-state index in [9.17, 15) is 0 Å². The number of fused-ring (bicyclic) bond motifs is 1. The van der Waals surface area contributed by atoms with Gasteiger partial charge in [-0.1, -0.05) is 12.1 Å². The van der Waals surface area contributed by atoms with Gasteiger partial charge in [-0.15, -0.1) is 23.8 Å². The third kappa shape index (κ3) is 2.42. The normalized spacial score (nSPS) is 8.36. The molecular formula is C9H9KN-. The maximum absolute atomic E-state index is 2.99. The molecule has 2 aromatic rings. The van der Waals surface area contributed by atoms with Gasteiger partial charge in [-0.25, -0.2) is 0 Å². The minimum Gasteiger partial charge on any atom is -0.477 e. The Labute approximate surface area is 110 Å². The van der Waals surface area contributed by atoms with E-state index in [0.717, 1.165) is 5.52 Å². The monoisotopic (exact) mass is 170 g/mol. The zero-order chi connectivity index (χ0) is 6.10. The van der Waals surface area contributed by atoms with Gasteiger partial charge in [0.05, 0.1) is 0 Å². The van der Waals surface area contributed by atoms with Gasteiger partial charge in [0.2, 0.25) is 0 Å². The van der Waals surface area contributed by atoms with E-state index in [-0.39, 0.29) is 58.8 Å². The Morgan fingerprint density at radius 3 is 2.64 bits per heavy atom. The molecule has 0 aliphatic rings. The third-order valence-corrected chi connectivity index (χ3v) is 1.40. The molecule has 0 radical (unpaired) electrons. The number of benzene rings is 1. The van der Waals surface area contributed by atoms with Crippen LogP contribution in [0.15, 0.2) is 30.3 Å². The minimum atomic E-state index is 0. The van der Waals surface area contributed by atoms with Crippen molar-refractivity contribution in [3.63, 3.8) is 0 Å². The van der Waals surface area contributed by atoms with Crippen LogP contribution in [0.3, 0.4) is 0 Å². The number of para-hydroxylation sites is 1. The van der Waals surface area contributed by atoms with Crippen molar-refractivity contribution in [3.05, 3.63) is 44.0 Å². The molecule has 0 fully saturated rings. The second-order valence-corrected chi connectivity index (χ2v) is 2.00. The molecule has 0 spiro atoms. The van der Waals surface area contributed by atoms with Gasteiger partial charge >= 0.3 is 51.4 Å². The Hall–Kier alpha value is 0.396. The van der Waals surface area contributed by atoms with E-state index in [4.69, 9.17) is 0 Å². The number of H-pyrrole nitrogens is 1. The van der Waals surface area contributed by atoms with Crippen molar-refractivity contribution in [2.24, 2.45) is 0 Å². The molecule has 0 aliphatic heterocycles. The summed E-state index contributed by atoms with van der Waals surface area (Å²) >= 11 is 0. The fourth-order valence-corrected chi connectivity index (χ4v) is 0.928. The van der Waals surface area contributed by atoms with E-state index in [0.29, 0.717) is 0 Å². The Kier molecular flexibility index (Phi) is 5.30. The Morgan fingerprint density at radius 2 is 1.91 bits per heavy atom. The van der Waals surface area contributed by atoms with Crippen LogP contribution >= 0.6 is 0 Å². The number of hydrogen-bond acceptors (Lipinski definition) is 0. The van der Waals surface area contributed by atoms with Crippen LogP contribution in [-0.4, -0.2) is 4.98 Å². The zero-order valence-electron chi connectivity index (χ0n) is 6.89. The van der Waals surface area contributed by atoms with Crippen LogP contribution in [0.2, 0.25) is 0 Å². The molecule has 1 aromatic carbocycles. The first kappa shape index (κ1) is 11.4. The van der Waals surface area contributed by atoms with E-state index in [2.05, 4.69) is 17.2 Å². The van der Waals surface area contributed by atoms with Crippen molar-refractivity contribution in [1.29, 1.82) is 0 Å². The van der Waals surface area contributed by atoms with E-state index in [1.165, 1.54) is 5.39 Å². The molecule has 0 amide bonds. The summed E-state index contributed by atoms with van der Waals surface area (Å²) < 4.78 is 0. The molecule has 0 atom stereocenters. The summed E-state index contributed by atoms with van der Waals surface area (Å²) in [7, 11) is 0. The number of rotatable bonds is 0. The average molecular weight is 170 g/mol. The van der Waals surface area contributed by atoms with Gasteiger partial charge in [0, 0.05) is 0 Å². The van der Waals surface area contributed by atoms with Crippen LogP contribution in [0, 0.1) is 13.6 Å². The zero-order valence-corrected chi connectivity index (χ0v) is 10.0. The van der Waals surface area contributed by atoms with Gasteiger partial charge in [0.1, 0.15) is 0 Å². The van der Waals surface area contributed by atoms with E-state index in [1.54, 1.807) is 0 Å². The predicted octanol–water partition coefficient (Wildman–Crippen LogP) is -0.578. The van der Waals surface area contributed by atoms with Gasteiger partial charge < -0.3 is 12.4 Å². The number of aromatic nitrogens is 1. The van der Waals surface area contributed by atoms with Crippen LogP contribution < -0.4 is 51.4 Å². The summed E-state index contributed by atoms with van der Waals surface area (Å²) in [5.74, 6) is 0. The van der Waals surface area contributed by atoms with Gasteiger partial charge in [0.15, 0.2) is 0 Å². The first-order valence-electron chi connectivity index (χ1n) is 2.90. The molecule has 2 rings (SSSR count). The quantitative estimate of drug-likeness (QED) is 0.402. The van der Waals surface area contributed by atoms with Gasteiger partial charge in [-0.05, 0) is 0 Å². The molecule has 2 heteroatoms. The van der Waals surface area contributed by atoms with Crippen molar-refractivity contribution < 1.29 is 51.4 Å². The van der Waals surface area contributed by atoms with E-state index >= 15 is 0 Å². The Bertz CT molecular complexity index is 284. The van der Waals surface area contributed by atoms with Crippen LogP contribution in [-0.2, 0) is 0 Å². The number of aromatic amines is 1. The number of hydrogen-bond donors (Lipinski definition) is 1. The van der Waals surface area contributed by atoms with E-state index in [1.807, 2.05) is 24.3 Å². The van der Waals surface area contributed by atoms with Crippen LogP contribution in [0.25, 0.3) is 10.9 Å². The van der Waals surface area contributed by atoms with Crippen LogP contribution in [0.1, 0.15) is 0 Å². The summed E-state index contributed by atoms with van der Waals surface area (Å²) in [6.45, 7) is 0. The van der Waals surface area contributed by atoms with Crippen LogP contribution in [0.5, 0.6) is 0 Å².